The van der Waals surface area contributed by atoms with Crippen LogP contribution in [0.2, 0.25) is 0 Å². The topological polar surface area (TPSA) is 79.5 Å². The SMILES string of the molecule is CCc1ccc(-c2noc(CN3C[C@@H]4CCC[C@@]4(C(=O)O)C3)n2)cc1. The number of carboxylic acid groups (broad SMARTS) is 1. The minimum atomic E-state index is -0.653. The van der Waals surface area contributed by atoms with Gasteiger partial charge in [0.25, 0.3) is 0 Å². The maximum absolute atomic E-state index is 11.8. The van der Waals surface area contributed by atoms with Gasteiger partial charge < -0.3 is 9.63 Å². The van der Waals surface area contributed by atoms with Crippen molar-refractivity contribution in [3.63, 3.8) is 0 Å². The molecular weight excluding hydrogens is 318 g/mol. The van der Waals surface area contributed by atoms with E-state index in [2.05, 4.69) is 34.1 Å². The molecule has 2 fully saturated rings. The third-order valence-corrected chi connectivity index (χ3v) is 5.81. The van der Waals surface area contributed by atoms with E-state index in [0.717, 1.165) is 37.8 Å². The zero-order valence-corrected chi connectivity index (χ0v) is 14.4. The van der Waals surface area contributed by atoms with Crippen molar-refractivity contribution < 1.29 is 14.4 Å². The fourth-order valence-corrected chi connectivity index (χ4v) is 4.38. The first-order chi connectivity index (χ1) is 12.1. The Kier molecular flexibility index (Phi) is 4.07. The number of aliphatic carboxylic acids is 1. The number of hydrogen-bond acceptors (Lipinski definition) is 5. The zero-order valence-electron chi connectivity index (χ0n) is 14.4. The van der Waals surface area contributed by atoms with E-state index in [0.29, 0.717) is 24.8 Å². The third-order valence-electron chi connectivity index (χ3n) is 5.81. The van der Waals surface area contributed by atoms with Crippen LogP contribution in [0.15, 0.2) is 28.8 Å². The summed E-state index contributed by atoms with van der Waals surface area (Å²) in [7, 11) is 0. The normalized spacial score (nSPS) is 26.0. The van der Waals surface area contributed by atoms with E-state index in [1.807, 2.05) is 12.1 Å². The van der Waals surface area contributed by atoms with Crippen LogP contribution in [0.4, 0.5) is 0 Å². The van der Waals surface area contributed by atoms with E-state index in [1.54, 1.807) is 0 Å². The van der Waals surface area contributed by atoms with Gasteiger partial charge in [-0.25, -0.2) is 0 Å². The number of carbonyl (C=O) groups is 1. The molecule has 1 saturated heterocycles. The number of likely N-dealkylation sites (tertiary alicyclic amines) is 1. The van der Waals surface area contributed by atoms with Crippen molar-refractivity contribution in [3.8, 4) is 11.4 Å². The second-order valence-electron chi connectivity index (χ2n) is 7.28. The van der Waals surface area contributed by atoms with Gasteiger partial charge in [0.15, 0.2) is 0 Å². The molecule has 2 heterocycles. The molecule has 6 nitrogen and oxygen atoms in total. The highest BCUT2D eigenvalue weighted by Crippen LogP contribution is 2.49. The molecule has 4 rings (SSSR count). The fourth-order valence-electron chi connectivity index (χ4n) is 4.38. The van der Waals surface area contributed by atoms with Gasteiger partial charge >= 0.3 is 5.97 Å². The molecule has 132 valence electrons. The lowest BCUT2D eigenvalue weighted by Crippen LogP contribution is -2.35. The van der Waals surface area contributed by atoms with Crippen LogP contribution in [-0.2, 0) is 17.8 Å². The molecule has 0 unspecified atom stereocenters. The molecule has 1 aliphatic carbocycles. The molecule has 6 heteroatoms. The first kappa shape index (κ1) is 16.3. The fraction of sp³-hybridized carbons (Fsp3) is 0.526. The van der Waals surface area contributed by atoms with Crippen LogP contribution >= 0.6 is 0 Å². The molecule has 1 aromatic carbocycles. The number of carboxylic acids is 1. The van der Waals surface area contributed by atoms with E-state index in [4.69, 9.17) is 4.52 Å². The lowest BCUT2D eigenvalue weighted by Gasteiger charge is -2.23. The molecule has 0 bridgehead atoms. The van der Waals surface area contributed by atoms with Crippen molar-refractivity contribution in [2.75, 3.05) is 13.1 Å². The predicted octanol–water partition coefficient (Wildman–Crippen LogP) is 2.99. The minimum absolute atomic E-state index is 0.244. The summed E-state index contributed by atoms with van der Waals surface area (Å²) in [6, 6.07) is 8.16. The van der Waals surface area contributed by atoms with Gasteiger partial charge in [0.2, 0.25) is 11.7 Å². The van der Waals surface area contributed by atoms with Crippen LogP contribution in [0, 0.1) is 11.3 Å². The van der Waals surface area contributed by atoms with E-state index >= 15 is 0 Å². The summed E-state index contributed by atoms with van der Waals surface area (Å²) in [4.78, 5) is 18.4. The molecule has 1 N–H and O–H groups in total. The Morgan fingerprint density at radius 2 is 2.20 bits per heavy atom. The highest BCUT2D eigenvalue weighted by Gasteiger charge is 2.54. The zero-order chi connectivity index (χ0) is 17.4. The summed E-state index contributed by atoms with van der Waals surface area (Å²) >= 11 is 0. The lowest BCUT2D eigenvalue weighted by atomic mass is 9.81. The second-order valence-corrected chi connectivity index (χ2v) is 7.28. The van der Waals surface area contributed by atoms with Gasteiger partial charge in [0, 0.05) is 18.7 Å². The van der Waals surface area contributed by atoms with Crippen molar-refractivity contribution in [2.24, 2.45) is 11.3 Å². The highest BCUT2D eigenvalue weighted by molar-refractivity contribution is 5.76. The van der Waals surface area contributed by atoms with Crippen LogP contribution in [0.1, 0.15) is 37.6 Å². The summed E-state index contributed by atoms with van der Waals surface area (Å²) in [5.74, 6) is 0.730. The van der Waals surface area contributed by atoms with E-state index < -0.39 is 11.4 Å². The molecule has 2 aliphatic rings. The van der Waals surface area contributed by atoms with Crippen molar-refractivity contribution in [1.82, 2.24) is 15.0 Å². The van der Waals surface area contributed by atoms with E-state index in [-0.39, 0.29) is 5.92 Å². The number of rotatable bonds is 5. The summed E-state index contributed by atoms with van der Waals surface area (Å²) in [6.45, 7) is 4.02. The van der Waals surface area contributed by atoms with E-state index in [1.165, 1.54) is 5.56 Å². The molecule has 1 aliphatic heterocycles. The smallest absolute Gasteiger partial charge is 0.311 e. The Hall–Kier alpha value is -2.21. The Bertz CT molecular complexity index is 770. The third kappa shape index (κ3) is 2.84. The maximum atomic E-state index is 11.8. The monoisotopic (exact) mass is 341 g/mol. The molecule has 1 saturated carbocycles. The number of benzene rings is 1. The molecule has 1 aromatic heterocycles. The Morgan fingerprint density at radius 1 is 1.40 bits per heavy atom. The summed E-state index contributed by atoms with van der Waals surface area (Å²) in [6.07, 6.45) is 3.80. The summed E-state index contributed by atoms with van der Waals surface area (Å²) < 4.78 is 5.40. The van der Waals surface area contributed by atoms with Gasteiger partial charge in [-0.05, 0) is 30.7 Å². The Balaban J connectivity index is 1.46. The second kappa shape index (κ2) is 6.26. The molecular formula is C19H23N3O3. The first-order valence-corrected chi connectivity index (χ1v) is 8.98. The molecule has 0 spiro atoms. The summed E-state index contributed by atoms with van der Waals surface area (Å²) in [5.41, 5.74) is 1.64. The van der Waals surface area contributed by atoms with Crippen molar-refractivity contribution >= 4 is 5.97 Å². The van der Waals surface area contributed by atoms with E-state index in [9.17, 15) is 9.90 Å². The van der Waals surface area contributed by atoms with Gasteiger partial charge in [-0.15, -0.1) is 0 Å². The van der Waals surface area contributed by atoms with Crippen LogP contribution in [0.3, 0.4) is 0 Å². The average molecular weight is 341 g/mol. The van der Waals surface area contributed by atoms with Crippen molar-refractivity contribution in [2.45, 2.75) is 39.2 Å². The maximum Gasteiger partial charge on any atom is 0.311 e. The largest absolute Gasteiger partial charge is 0.481 e. The van der Waals surface area contributed by atoms with Gasteiger partial charge in [-0.1, -0.05) is 42.8 Å². The quantitative estimate of drug-likeness (QED) is 0.900. The Morgan fingerprint density at radius 3 is 2.88 bits per heavy atom. The molecule has 0 amide bonds. The number of aromatic nitrogens is 2. The predicted molar refractivity (Wildman–Crippen MR) is 91.8 cm³/mol. The standard InChI is InChI=1S/C19H23N3O3/c1-2-13-5-7-14(8-6-13)17-20-16(25-21-17)11-22-10-15-4-3-9-19(15,12-22)18(23)24/h5-8,15H,2-4,9-12H2,1H3,(H,23,24)/t15-,19+/m0/s1. The molecule has 2 atom stereocenters. The van der Waals surface area contributed by atoms with Gasteiger partial charge in [-0.3, -0.25) is 9.69 Å². The lowest BCUT2D eigenvalue weighted by molar-refractivity contribution is -0.149. The van der Waals surface area contributed by atoms with Crippen LogP contribution in [0.5, 0.6) is 0 Å². The van der Waals surface area contributed by atoms with Crippen LogP contribution in [0.25, 0.3) is 11.4 Å². The van der Waals surface area contributed by atoms with Crippen LogP contribution in [-0.4, -0.2) is 39.2 Å². The summed E-state index contributed by atoms with van der Waals surface area (Å²) in [5, 5.41) is 13.8. The Labute approximate surface area is 146 Å². The molecule has 2 aromatic rings. The highest BCUT2D eigenvalue weighted by atomic mass is 16.5. The minimum Gasteiger partial charge on any atom is -0.481 e. The van der Waals surface area contributed by atoms with Crippen molar-refractivity contribution in [3.05, 3.63) is 35.7 Å². The van der Waals surface area contributed by atoms with Crippen LogP contribution < -0.4 is 0 Å². The van der Waals surface area contributed by atoms with Gasteiger partial charge in [0.05, 0.1) is 12.0 Å². The van der Waals surface area contributed by atoms with Gasteiger partial charge in [0.1, 0.15) is 0 Å². The number of aryl methyl sites for hydroxylation is 1. The molecule has 25 heavy (non-hydrogen) atoms. The molecule has 0 radical (unpaired) electrons. The van der Waals surface area contributed by atoms with Crippen molar-refractivity contribution in [1.29, 1.82) is 0 Å². The number of nitrogens with zero attached hydrogens (tertiary/aromatic N) is 3. The number of hydrogen-bond donors (Lipinski definition) is 1. The number of fused-ring (bicyclic) bond motifs is 1. The van der Waals surface area contributed by atoms with Gasteiger partial charge in [-0.2, -0.15) is 4.98 Å². The first-order valence-electron chi connectivity index (χ1n) is 8.98. The average Bonchev–Trinajstić information content (AvgIpc) is 3.29.